The first-order chi connectivity index (χ1) is 24.4. The van der Waals surface area contributed by atoms with Gasteiger partial charge in [0.15, 0.2) is 5.71 Å². The van der Waals surface area contributed by atoms with Crippen LogP contribution < -0.4 is 4.90 Å². The number of nitrogens with zero attached hydrogens (tertiary/aromatic N) is 2. The monoisotopic (exact) mass is 713 g/mol. The smallest absolute Gasteiger partial charge is 0.210 e. The van der Waals surface area contributed by atoms with Crippen LogP contribution in [0.5, 0.6) is 0 Å². The van der Waals surface area contributed by atoms with E-state index < -0.39 is 0 Å². The highest BCUT2D eigenvalue weighted by atomic mass is 79.9. The van der Waals surface area contributed by atoms with Crippen molar-refractivity contribution in [3.05, 3.63) is 202 Å². The summed E-state index contributed by atoms with van der Waals surface area (Å²) in [5.74, 6) is 0. The number of likely N-dealkylation sites (N-methyl/N-ethyl adjacent to an activating group) is 1. The molecule has 2 heterocycles. The molecule has 0 spiro atoms. The third-order valence-corrected chi connectivity index (χ3v) is 11.5. The number of rotatable bonds is 8. The van der Waals surface area contributed by atoms with Crippen LogP contribution in [0.4, 0.5) is 11.4 Å². The van der Waals surface area contributed by atoms with Crippen LogP contribution in [0, 0.1) is 0 Å². The number of hydrogen-bond acceptors (Lipinski definition) is 1. The molecule has 0 N–H and O–H groups in total. The van der Waals surface area contributed by atoms with Crippen molar-refractivity contribution in [3.8, 4) is 0 Å². The third-order valence-electron chi connectivity index (χ3n) is 11.0. The predicted molar refractivity (Wildman–Crippen MR) is 214 cm³/mol. The molecule has 0 fully saturated rings. The van der Waals surface area contributed by atoms with Crippen molar-refractivity contribution < 1.29 is 4.58 Å². The van der Waals surface area contributed by atoms with Gasteiger partial charge >= 0.3 is 0 Å². The molecule has 0 bridgehead atoms. The van der Waals surface area contributed by atoms with Crippen LogP contribution in [-0.4, -0.2) is 24.4 Å². The number of hydrogen-bond donors (Lipinski definition) is 0. The molecule has 2 aliphatic heterocycles. The van der Waals surface area contributed by atoms with Gasteiger partial charge in [-0.1, -0.05) is 137 Å². The quantitative estimate of drug-likeness (QED) is 0.142. The van der Waals surface area contributed by atoms with Crippen molar-refractivity contribution in [2.24, 2.45) is 0 Å². The highest BCUT2D eigenvalue weighted by Gasteiger charge is 2.48. The summed E-state index contributed by atoms with van der Waals surface area (Å²) in [5, 5.41) is 2.62. The topological polar surface area (TPSA) is 6.25 Å². The second-order valence-corrected chi connectivity index (χ2v) is 15.1. The summed E-state index contributed by atoms with van der Waals surface area (Å²) in [6.45, 7) is 2.44. The Morgan fingerprint density at radius 3 is 1.90 bits per heavy atom. The van der Waals surface area contributed by atoms with E-state index in [0.717, 1.165) is 23.7 Å². The number of halogens is 1. The Morgan fingerprint density at radius 2 is 1.26 bits per heavy atom. The van der Waals surface area contributed by atoms with E-state index >= 15 is 0 Å². The zero-order valence-corrected chi connectivity index (χ0v) is 30.6. The van der Waals surface area contributed by atoms with E-state index in [0.29, 0.717) is 0 Å². The van der Waals surface area contributed by atoms with Crippen molar-refractivity contribution in [2.45, 2.75) is 37.0 Å². The molecule has 2 aliphatic rings. The van der Waals surface area contributed by atoms with Crippen molar-refractivity contribution in [2.75, 3.05) is 19.0 Å². The summed E-state index contributed by atoms with van der Waals surface area (Å²) < 4.78 is 3.53. The normalized spacial score (nSPS) is 18.7. The fraction of sp³-hybridized carbons (Fsp3) is 0.170. The van der Waals surface area contributed by atoms with Crippen LogP contribution in [0.1, 0.15) is 34.7 Å². The second kappa shape index (κ2) is 13.0. The Morgan fingerprint density at radius 1 is 0.680 bits per heavy atom. The summed E-state index contributed by atoms with van der Waals surface area (Å²) in [5.41, 5.74) is 11.5. The van der Waals surface area contributed by atoms with Crippen molar-refractivity contribution in [3.63, 3.8) is 0 Å². The molecule has 0 aromatic heterocycles. The average Bonchev–Trinajstić information content (AvgIpc) is 3.48. The van der Waals surface area contributed by atoms with Crippen LogP contribution in [0.15, 0.2) is 174 Å². The van der Waals surface area contributed by atoms with Crippen LogP contribution in [0.2, 0.25) is 0 Å². The van der Waals surface area contributed by atoms with Gasteiger partial charge in [-0.2, -0.15) is 4.58 Å². The van der Waals surface area contributed by atoms with Gasteiger partial charge in [0.05, 0.1) is 5.41 Å². The van der Waals surface area contributed by atoms with Crippen LogP contribution >= 0.6 is 15.9 Å². The fourth-order valence-corrected chi connectivity index (χ4v) is 9.18. The molecule has 0 amide bonds. The number of allylic oxidation sites excluding steroid dienone is 4. The molecule has 0 aliphatic carbocycles. The van der Waals surface area contributed by atoms with E-state index in [1.807, 2.05) is 0 Å². The predicted octanol–water partition coefficient (Wildman–Crippen LogP) is 11.1. The van der Waals surface area contributed by atoms with E-state index in [-0.39, 0.29) is 10.8 Å². The lowest BCUT2D eigenvalue weighted by atomic mass is 9.70. The maximum Gasteiger partial charge on any atom is 0.210 e. The molecule has 0 radical (unpaired) electrons. The van der Waals surface area contributed by atoms with E-state index in [4.69, 9.17) is 0 Å². The lowest BCUT2D eigenvalue weighted by Crippen LogP contribution is -2.35. The minimum atomic E-state index is -0.264. The number of benzene rings is 6. The van der Waals surface area contributed by atoms with Crippen molar-refractivity contribution in [1.82, 2.24) is 0 Å². The van der Waals surface area contributed by atoms with Gasteiger partial charge in [-0.05, 0) is 89.6 Å². The molecular weight excluding hydrogens is 672 g/mol. The van der Waals surface area contributed by atoms with E-state index in [2.05, 4.69) is 210 Å². The second-order valence-electron chi connectivity index (χ2n) is 14.2. The Bertz CT molecular complexity index is 2240. The molecule has 6 aromatic rings. The standard InChI is InChI=1S/C47H42BrN2/c1-46(31-34-16-7-4-8-17-34)43(50(3)42-28-26-37-22-13-14-23-39(37)45(42)46)24-15-25-44-47(32-35-18-9-5-10-19-35,33-36-20-11-6-12-21-36)40-30-38(48)27-29-41(40)49(44)2/h4-30H,31-33H2,1-3H3/q+1. The van der Waals surface area contributed by atoms with Gasteiger partial charge in [0, 0.05) is 46.0 Å². The molecule has 8 rings (SSSR count). The van der Waals surface area contributed by atoms with Crippen molar-refractivity contribution >= 4 is 43.8 Å². The van der Waals surface area contributed by atoms with Crippen LogP contribution in [-0.2, 0) is 30.1 Å². The molecule has 6 aromatic carbocycles. The summed E-state index contributed by atoms with van der Waals surface area (Å²) >= 11 is 3.84. The number of fused-ring (bicyclic) bond motifs is 4. The Kier molecular flexibility index (Phi) is 8.41. The summed E-state index contributed by atoms with van der Waals surface area (Å²) in [4.78, 5) is 2.42. The van der Waals surface area contributed by atoms with Gasteiger partial charge in [-0.25, -0.2) is 0 Å². The lowest BCUT2D eigenvalue weighted by molar-refractivity contribution is -0.401. The zero-order chi connectivity index (χ0) is 34.3. The Labute approximate surface area is 304 Å². The number of anilines is 1. The van der Waals surface area contributed by atoms with Gasteiger partial charge in [-0.15, -0.1) is 0 Å². The minimum Gasteiger partial charge on any atom is -0.347 e. The molecule has 0 saturated carbocycles. The van der Waals surface area contributed by atoms with Gasteiger partial charge in [0.1, 0.15) is 7.05 Å². The van der Waals surface area contributed by atoms with Crippen LogP contribution in [0.3, 0.4) is 0 Å². The molecule has 3 heteroatoms. The van der Waals surface area contributed by atoms with Gasteiger partial charge in [0.2, 0.25) is 5.69 Å². The van der Waals surface area contributed by atoms with Crippen LogP contribution in [0.25, 0.3) is 10.8 Å². The first kappa shape index (κ1) is 32.2. The SMILES string of the molecule is CN1/C(=C/C=C/C2=[N+](C)c3ccc4ccccc4c3C2(C)Cc2ccccc2)C(Cc2ccccc2)(Cc2ccccc2)c2cc(Br)ccc21. The fourth-order valence-electron chi connectivity index (χ4n) is 8.82. The molecule has 246 valence electrons. The first-order valence-electron chi connectivity index (χ1n) is 17.6. The average molecular weight is 715 g/mol. The maximum atomic E-state index is 3.84. The minimum absolute atomic E-state index is 0.220. The van der Waals surface area contributed by atoms with E-state index in [1.54, 1.807) is 0 Å². The van der Waals surface area contributed by atoms with Gasteiger partial charge in [0.25, 0.3) is 0 Å². The highest BCUT2D eigenvalue weighted by molar-refractivity contribution is 9.10. The maximum absolute atomic E-state index is 3.84. The van der Waals surface area contributed by atoms with E-state index in [1.165, 1.54) is 61.4 Å². The zero-order valence-electron chi connectivity index (χ0n) is 29.0. The molecule has 1 unspecified atom stereocenters. The van der Waals surface area contributed by atoms with Crippen molar-refractivity contribution in [1.29, 1.82) is 0 Å². The molecule has 0 saturated heterocycles. The molecular formula is C47H42BrN2+. The van der Waals surface area contributed by atoms with Gasteiger partial charge < -0.3 is 4.90 Å². The van der Waals surface area contributed by atoms with E-state index in [9.17, 15) is 0 Å². The molecule has 50 heavy (non-hydrogen) atoms. The third kappa shape index (κ3) is 5.54. The Hall–Kier alpha value is -4.99. The Balaban J connectivity index is 1.28. The summed E-state index contributed by atoms with van der Waals surface area (Å²) in [6.07, 6.45) is 9.81. The highest BCUT2D eigenvalue weighted by Crippen LogP contribution is 2.52. The van der Waals surface area contributed by atoms with Gasteiger partial charge in [-0.3, -0.25) is 0 Å². The summed E-state index contributed by atoms with van der Waals surface area (Å²) in [7, 11) is 4.47. The first-order valence-corrected chi connectivity index (χ1v) is 18.3. The molecule has 1 atom stereocenters. The largest absolute Gasteiger partial charge is 0.347 e. The lowest BCUT2D eigenvalue weighted by Gasteiger charge is -2.33. The molecule has 2 nitrogen and oxygen atoms in total. The summed E-state index contributed by atoms with van der Waals surface area (Å²) in [6, 6.07) is 53.2.